The summed E-state index contributed by atoms with van der Waals surface area (Å²) < 4.78 is 5.39. The maximum atomic E-state index is 13.1. The molecule has 1 aromatic carbocycles. The van der Waals surface area contributed by atoms with Crippen LogP contribution in [0.3, 0.4) is 0 Å². The van der Waals surface area contributed by atoms with Gasteiger partial charge in [0.1, 0.15) is 11.6 Å². The molecule has 0 bridgehead atoms. The van der Waals surface area contributed by atoms with Gasteiger partial charge in [-0.15, -0.1) is 0 Å². The van der Waals surface area contributed by atoms with Crippen LogP contribution in [0.5, 0.6) is 0 Å². The van der Waals surface area contributed by atoms with E-state index in [2.05, 4.69) is 26.1 Å². The van der Waals surface area contributed by atoms with Crippen LogP contribution in [0, 0.1) is 5.92 Å². The monoisotopic (exact) mass is 488 g/mol. The predicted molar refractivity (Wildman–Crippen MR) is 137 cm³/mol. The molecular formula is C27H32N6O3. The van der Waals surface area contributed by atoms with Crippen LogP contribution >= 0.6 is 0 Å². The van der Waals surface area contributed by atoms with Crippen molar-refractivity contribution in [3.63, 3.8) is 0 Å². The molecule has 2 aromatic heterocycles. The summed E-state index contributed by atoms with van der Waals surface area (Å²) >= 11 is 0. The van der Waals surface area contributed by atoms with E-state index in [0.717, 1.165) is 55.9 Å². The van der Waals surface area contributed by atoms with Crippen LogP contribution in [0.2, 0.25) is 0 Å². The number of piperidine rings is 1. The number of pyridine rings is 1. The number of carbonyl (C=O) groups excluding carboxylic acids is 2. The fourth-order valence-corrected chi connectivity index (χ4v) is 4.62. The first-order valence-corrected chi connectivity index (χ1v) is 12.5. The number of aromatic nitrogens is 2. The summed E-state index contributed by atoms with van der Waals surface area (Å²) in [4.78, 5) is 32.4. The lowest BCUT2D eigenvalue weighted by molar-refractivity contribution is 0.0904. The van der Waals surface area contributed by atoms with E-state index in [9.17, 15) is 9.59 Å². The van der Waals surface area contributed by atoms with E-state index in [1.54, 1.807) is 18.3 Å². The lowest BCUT2D eigenvalue weighted by Gasteiger charge is -2.31. The number of rotatable bonds is 8. The minimum Gasteiger partial charge on any atom is -0.363 e. The summed E-state index contributed by atoms with van der Waals surface area (Å²) in [5, 5.41) is 13.5. The van der Waals surface area contributed by atoms with Crippen molar-refractivity contribution in [3.8, 4) is 0 Å². The maximum absolute atomic E-state index is 13.1. The van der Waals surface area contributed by atoms with Gasteiger partial charge in [0, 0.05) is 31.6 Å². The second-order valence-corrected chi connectivity index (χ2v) is 9.81. The Morgan fingerprint density at radius 1 is 1.06 bits per heavy atom. The quantitative estimate of drug-likeness (QED) is 0.443. The molecule has 5 rings (SSSR count). The van der Waals surface area contributed by atoms with Crippen LogP contribution in [-0.4, -0.2) is 49.1 Å². The molecule has 188 valence electrons. The highest BCUT2D eigenvalue weighted by Gasteiger charge is 2.31. The Balaban J connectivity index is 1.34. The van der Waals surface area contributed by atoms with Crippen molar-refractivity contribution < 1.29 is 14.1 Å². The van der Waals surface area contributed by atoms with Gasteiger partial charge >= 0.3 is 0 Å². The first-order chi connectivity index (χ1) is 17.5. The van der Waals surface area contributed by atoms with Gasteiger partial charge in [-0.05, 0) is 74.5 Å². The van der Waals surface area contributed by atoms with Gasteiger partial charge in [-0.25, -0.2) is 4.98 Å². The zero-order valence-electron chi connectivity index (χ0n) is 20.7. The topological polar surface area (TPSA) is 112 Å². The van der Waals surface area contributed by atoms with Crippen LogP contribution in [0.4, 0.5) is 11.5 Å². The molecule has 0 spiro atoms. The van der Waals surface area contributed by atoms with Crippen molar-refractivity contribution >= 4 is 23.3 Å². The fraction of sp³-hybridized carbons (Fsp3) is 0.407. The van der Waals surface area contributed by atoms with E-state index in [4.69, 9.17) is 4.52 Å². The lowest BCUT2D eigenvalue weighted by Crippen LogP contribution is -2.39. The minimum absolute atomic E-state index is 0.225. The minimum atomic E-state index is -0.254. The highest BCUT2D eigenvalue weighted by atomic mass is 16.5. The molecule has 9 heteroatoms. The van der Waals surface area contributed by atoms with Gasteiger partial charge in [0.15, 0.2) is 5.69 Å². The van der Waals surface area contributed by atoms with Crippen molar-refractivity contribution in [1.82, 2.24) is 20.8 Å². The Hall–Kier alpha value is -3.72. The molecule has 1 saturated carbocycles. The highest BCUT2D eigenvalue weighted by molar-refractivity contribution is 6.04. The molecule has 1 atom stereocenters. The molecule has 1 aliphatic carbocycles. The molecule has 3 heterocycles. The van der Waals surface area contributed by atoms with Crippen molar-refractivity contribution in [2.24, 2.45) is 5.92 Å². The number of carbonyl (C=O) groups is 2. The van der Waals surface area contributed by atoms with Crippen LogP contribution < -0.4 is 20.9 Å². The molecule has 9 nitrogen and oxygen atoms in total. The standard InChI is InChI=1S/C27H32N6O3/c1-33(2)24-9-8-21(16-29-24)30-26(34)20-5-3-4-19(14-20)25(18-10-12-28-13-11-18)31-27(35)22-15-23(36-32-22)17-6-7-17/h3-5,8-9,14-18,25,28H,6-7,10-13H2,1-2H3,(H,30,34)(H,31,35). The summed E-state index contributed by atoms with van der Waals surface area (Å²) in [6.07, 6.45) is 5.66. The molecular weight excluding hydrogens is 456 g/mol. The average Bonchev–Trinajstić information content (AvgIpc) is 3.64. The summed E-state index contributed by atoms with van der Waals surface area (Å²) in [5.41, 5.74) is 2.35. The largest absolute Gasteiger partial charge is 0.363 e. The van der Waals surface area contributed by atoms with Gasteiger partial charge in [0.25, 0.3) is 11.8 Å². The Labute approximate surface area is 210 Å². The van der Waals surface area contributed by atoms with Crippen molar-refractivity contribution in [1.29, 1.82) is 0 Å². The van der Waals surface area contributed by atoms with Crippen molar-refractivity contribution in [3.05, 3.63) is 71.2 Å². The van der Waals surface area contributed by atoms with E-state index in [0.29, 0.717) is 22.9 Å². The number of amides is 2. The normalized spacial score (nSPS) is 16.8. The molecule has 2 fully saturated rings. The van der Waals surface area contributed by atoms with E-state index >= 15 is 0 Å². The first-order valence-electron chi connectivity index (χ1n) is 12.5. The second kappa shape index (κ2) is 10.5. The first kappa shape index (κ1) is 24.0. The fourth-order valence-electron chi connectivity index (χ4n) is 4.62. The third-order valence-corrected chi connectivity index (χ3v) is 6.85. The van der Waals surface area contributed by atoms with Crippen LogP contribution in [0.1, 0.15) is 69.8 Å². The van der Waals surface area contributed by atoms with E-state index in [-0.39, 0.29) is 23.8 Å². The van der Waals surface area contributed by atoms with Crippen molar-refractivity contribution in [2.75, 3.05) is 37.4 Å². The zero-order chi connectivity index (χ0) is 25.1. The Bertz CT molecular complexity index is 1210. The smallest absolute Gasteiger partial charge is 0.273 e. The molecule has 3 aromatic rings. The molecule has 1 saturated heterocycles. The van der Waals surface area contributed by atoms with Gasteiger partial charge in [-0.1, -0.05) is 17.3 Å². The van der Waals surface area contributed by atoms with Gasteiger partial charge < -0.3 is 25.4 Å². The van der Waals surface area contributed by atoms with E-state index in [1.807, 2.05) is 49.3 Å². The molecule has 1 unspecified atom stereocenters. The third-order valence-electron chi connectivity index (χ3n) is 6.85. The van der Waals surface area contributed by atoms with E-state index < -0.39 is 0 Å². The van der Waals surface area contributed by atoms with Crippen LogP contribution in [-0.2, 0) is 0 Å². The number of hydrogen-bond acceptors (Lipinski definition) is 7. The number of anilines is 2. The SMILES string of the molecule is CN(C)c1ccc(NC(=O)c2cccc(C(NC(=O)c3cc(C4CC4)on3)C3CCNCC3)c2)cn1. The highest BCUT2D eigenvalue weighted by Crippen LogP contribution is 2.40. The lowest BCUT2D eigenvalue weighted by atomic mass is 9.85. The summed E-state index contributed by atoms with van der Waals surface area (Å²) in [7, 11) is 3.83. The molecule has 1 aliphatic heterocycles. The summed E-state index contributed by atoms with van der Waals surface area (Å²) in [6.45, 7) is 1.78. The molecule has 36 heavy (non-hydrogen) atoms. The van der Waals surface area contributed by atoms with Gasteiger partial charge in [-0.2, -0.15) is 0 Å². The average molecular weight is 489 g/mol. The van der Waals surface area contributed by atoms with Gasteiger partial charge in [0.05, 0.1) is 17.9 Å². The van der Waals surface area contributed by atoms with Crippen LogP contribution in [0.25, 0.3) is 0 Å². The third kappa shape index (κ3) is 5.57. The summed E-state index contributed by atoms with van der Waals surface area (Å²) in [5.74, 6) is 1.75. The number of hydrogen-bond donors (Lipinski definition) is 3. The number of benzene rings is 1. The Morgan fingerprint density at radius 2 is 1.86 bits per heavy atom. The van der Waals surface area contributed by atoms with Crippen molar-refractivity contribution in [2.45, 2.75) is 37.6 Å². The maximum Gasteiger partial charge on any atom is 0.273 e. The van der Waals surface area contributed by atoms with E-state index in [1.165, 1.54) is 0 Å². The second-order valence-electron chi connectivity index (χ2n) is 9.81. The van der Waals surface area contributed by atoms with Crippen LogP contribution in [0.15, 0.2) is 53.2 Å². The number of nitrogens with one attached hydrogen (secondary N) is 3. The Kier molecular flexibility index (Phi) is 6.99. The van der Waals surface area contributed by atoms with Gasteiger partial charge in [0.2, 0.25) is 0 Å². The molecule has 3 N–H and O–H groups in total. The number of nitrogens with zero attached hydrogens (tertiary/aromatic N) is 3. The summed E-state index contributed by atoms with van der Waals surface area (Å²) in [6, 6.07) is 12.7. The Morgan fingerprint density at radius 3 is 2.56 bits per heavy atom. The zero-order valence-corrected chi connectivity index (χ0v) is 20.7. The molecule has 2 amide bonds. The molecule has 2 aliphatic rings. The molecule has 0 radical (unpaired) electrons. The van der Waals surface area contributed by atoms with Gasteiger partial charge in [-0.3, -0.25) is 9.59 Å². The predicted octanol–water partition coefficient (Wildman–Crippen LogP) is 3.74.